The van der Waals surface area contributed by atoms with E-state index in [9.17, 15) is 0 Å². The lowest BCUT2D eigenvalue weighted by Gasteiger charge is -2.19. The molecule has 0 spiro atoms. The number of hydrogen-bond acceptors (Lipinski definition) is 2. The van der Waals surface area contributed by atoms with Crippen LogP contribution < -0.4 is 5.32 Å². The van der Waals surface area contributed by atoms with E-state index >= 15 is 0 Å². The first-order valence-corrected chi connectivity index (χ1v) is 10.2. The highest BCUT2D eigenvalue weighted by Gasteiger charge is 2.15. The van der Waals surface area contributed by atoms with Crippen molar-refractivity contribution >= 4 is 40.4 Å². The summed E-state index contributed by atoms with van der Waals surface area (Å²) >= 11 is 0. The van der Waals surface area contributed by atoms with E-state index in [1.165, 1.54) is 27.8 Å². The van der Waals surface area contributed by atoms with Crippen molar-refractivity contribution < 1.29 is 0 Å². The highest BCUT2D eigenvalue weighted by molar-refractivity contribution is 6.03. The zero-order chi connectivity index (χ0) is 20.2. The van der Waals surface area contributed by atoms with Crippen molar-refractivity contribution in [2.45, 2.75) is 0 Å². The van der Waals surface area contributed by atoms with Crippen LogP contribution in [0.5, 0.6) is 0 Å². The van der Waals surface area contributed by atoms with Crippen molar-refractivity contribution in [1.82, 2.24) is 4.98 Å². The molecule has 0 atom stereocenters. The highest BCUT2D eigenvalue weighted by atomic mass is 14.9. The first kappa shape index (κ1) is 18.1. The number of rotatable bonds is 4. The summed E-state index contributed by atoms with van der Waals surface area (Å²) in [5.41, 5.74) is 8.10. The van der Waals surface area contributed by atoms with Crippen LogP contribution >= 0.6 is 0 Å². The third-order valence-corrected chi connectivity index (χ3v) is 5.37. The van der Waals surface area contributed by atoms with Gasteiger partial charge in [0.15, 0.2) is 0 Å². The second-order valence-electron chi connectivity index (χ2n) is 7.31. The van der Waals surface area contributed by atoms with Crippen LogP contribution in [-0.2, 0) is 0 Å². The third-order valence-electron chi connectivity index (χ3n) is 5.37. The Morgan fingerprint density at radius 1 is 0.700 bits per heavy atom. The Morgan fingerprint density at radius 2 is 1.40 bits per heavy atom. The number of fused-ring (bicyclic) bond motifs is 3. The maximum atomic E-state index is 4.72. The van der Waals surface area contributed by atoms with Crippen molar-refractivity contribution in [2.75, 3.05) is 11.9 Å². The van der Waals surface area contributed by atoms with Crippen LogP contribution in [0.3, 0.4) is 0 Å². The van der Waals surface area contributed by atoms with Crippen LogP contribution in [0.25, 0.3) is 34.7 Å². The van der Waals surface area contributed by atoms with Gasteiger partial charge in [-0.25, -0.2) is 0 Å². The lowest BCUT2D eigenvalue weighted by atomic mass is 9.95. The summed E-state index contributed by atoms with van der Waals surface area (Å²) in [7, 11) is 0. The fourth-order valence-electron chi connectivity index (χ4n) is 3.84. The first-order chi connectivity index (χ1) is 14.9. The normalized spacial score (nSPS) is 13.4. The van der Waals surface area contributed by atoms with Gasteiger partial charge in [0.05, 0.1) is 11.2 Å². The maximum absolute atomic E-state index is 4.72. The molecule has 0 radical (unpaired) electrons. The third kappa shape index (κ3) is 3.68. The van der Waals surface area contributed by atoms with Crippen LogP contribution in [0.15, 0.2) is 97.2 Å². The molecule has 2 nitrogen and oxygen atoms in total. The van der Waals surface area contributed by atoms with Gasteiger partial charge in [0.25, 0.3) is 0 Å². The summed E-state index contributed by atoms with van der Waals surface area (Å²) in [5, 5.41) is 4.69. The van der Waals surface area contributed by atoms with E-state index in [-0.39, 0.29) is 0 Å². The van der Waals surface area contributed by atoms with Crippen molar-refractivity contribution in [3.8, 4) is 0 Å². The van der Waals surface area contributed by atoms with Gasteiger partial charge >= 0.3 is 0 Å². The second kappa shape index (κ2) is 8.22. The lowest BCUT2D eigenvalue weighted by Crippen LogP contribution is -2.08. The Balaban J connectivity index is 1.52. The number of benzene rings is 3. The highest BCUT2D eigenvalue weighted by Crippen LogP contribution is 2.35. The fraction of sp³-hybridized carbons (Fsp3) is 0.0357. The Labute approximate surface area is 176 Å². The number of anilines is 1. The van der Waals surface area contributed by atoms with Gasteiger partial charge < -0.3 is 5.32 Å². The Morgan fingerprint density at radius 3 is 2.13 bits per heavy atom. The van der Waals surface area contributed by atoms with Crippen LogP contribution in [-0.4, -0.2) is 11.5 Å². The van der Waals surface area contributed by atoms with Gasteiger partial charge in [0.2, 0.25) is 0 Å². The van der Waals surface area contributed by atoms with Gasteiger partial charge in [0, 0.05) is 23.7 Å². The minimum Gasteiger partial charge on any atom is -0.379 e. The largest absolute Gasteiger partial charge is 0.379 e. The molecule has 0 saturated carbocycles. The smallest absolute Gasteiger partial charge is 0.0945 e. The molecule has 30 heavy (non-hydrogen) atoms. The predicted molar refractivity (Wildman–Crippen MR) is 129 cm³/mol. The number of nitrogens with zero attached hydrogens (tertiary/aromatic N) is 1. The van der Waals surface area contributed by atoms with E-state index in [2.05, 4.69) is 102 Å². The Kier molecular flexibility index (Phi) is 4.97. The van der Waals surface area contributed by atoms with Gasteiger partial charge in [-0.15, -0.1) is 0 Å². The predicted octanol–water partition coefficient (Wildman–Crippen LogP) is 6.93. The summed E-state index contributed by atoms with van der Waals surface area (Å²) in [6.07, 6.45) is 12.8. The molecule has 2 heteroatoms. The standard InChI is InChI=1S/C28H22N2/c1-3-7-21(8-4-1)11-13-23-17-19-29-27-25(23)15-16-26-24(18-20-30-28(26)27)14-12-22-9-5-2-6-10-22/h1-19,30H,20H2/b13-11+,14-12+. The van der Waals surface area contributed by atoms with Gasteiger partial charge in [0.1, 0.15) is 0 Å². The van der Waals surface area contributed by atoms with Crippen LogP contribution in [0.4, 0.5) is 5.69 Å². The number of aromatic nitrogens is 1. The van der Waals surface area contributed by atoms with Gasteiger partial charge in [-0.05, 0) is 28.3 Å². The van der Waals surface area contributed by atoms with E-state index < -0.39 is 0 Å². The average Bonchev–Trinajstić information content (AvgIpc) is 2.82. The van der Waals surface area contributed by atoms with E-state index in [0.29, 0.717) is 0 Å². The summed E-state index contributed by atoms with van der Waals surface area (Å²) in [6, 6.07) is 27.2. The quantitative estimate of drug-likeness (QED) is 0.411. The van der Waals surface area contributed by atoms with Crippen molar-refractivity contribution in [1.29, 1.82) is 0 Å². The molecular weight excluding hydrogens is 364 g/mol. The number of nitrogens with one attached hydrogen (secondary N) is 1. The molecule has 1 aliphatic heterocycles. The molecule has 0 aliphatic carbocycles. The van der Waals surface area contributed by atoms with Crippen LogP contribution in [0.1, 0.15) is 22.3 Å². The average molecular weight is 386 g/mol. The lowest BCUT2D eigenvalue weighted by molar-refractivity contribution is 1.29. The zero-order valence-corrected chi connectivity index (χ0v) is 16.6. The van der Waals surface area contributed by atoms with Gasteiger partial charge in [-0.2, -0.15) is 0 Å². The van der Waals surface area contributed by atoms with Crippen molar-refractivity contribution in [3.05, 3.63) is 119 Å². The second-order valence-corrected chi connectivity index (χ2v) is 7.31. The zero-order valence-electron chi connectivity index (χ0n) is 16.6. The van der Waals surface area contributed by atoms with E-state index in [0.717, 1.165) is 23.1 Å². The number of hydrogen-bond donors (Lipinski definition) is 1. The van der Waals surface area contributed by atoms with Gasteiger partial charge in [-0.3, -0.25) is 4.98 Å². The minimum absolute atomic E-state index is 0.798. The molecule has 1 aromatic heterocycles. The van der Waals surface area contributed by atoms with E-state index in [1.54, 1.807) is 0 Å². The Hall–Kier alpha value is -3.91. The number of pyridine rings is 1. The van der Waals surface area contributed by atoms with E-state index in [1.807, 2.05) is 18.3 Å². The molecule has 4 aromatic rings. The first-order valence-electron chi connectivity index (χ1n) is 10.2. The molecule has 5 rings (SSSR count). The molecule has 1 aliphatic rings. The molecule has 0 bridgehead atoms. The molecular formula is C28H22N2. The summed E-state index contributed by atoms with van der Waals surface area (Å²) in [4.78, 5) is 4.72. The van der Waals surface area contributed by atoms with Gasteiger partial charge in [-0.1, -0.05) is 103 Å². The molecule has 0 unspecified atom stereocenters. The van der Waals surface area contributed by atoms with Crippen molar-refractivity contribution in [3.63, 3.8) is 0 Å². The molecule has 0 amide bonds. The molecule has 3 aromatic carbocycles. The summed E-state index contributed by atoms with van der Waals surface area (Å²) < 4.78 is 0. The molecule has 1 N–H and O–H groups in total. The monoisotopic (exact) mass is 386 g/mol. The van der Waals surface area contributed by atoms with Crippen molar-refractivity contribution in [2.24, 2.45) is 0 Å². The molecule has 0 fully saturated rings. The van der Waals surface area contributed by atoms with Crippen LogP contribution in [0, 0.1) is 0 Å². The molecule has 144 valence electrons. The minimum atomic E-state index is 0.798. The summed E-state index contributed by atoms with van der Waals surface area (Å²) in [5.74, 6) is 0. The fourth-order valence-corrected chi connectivity index (χ4v) is 3.84. The SMILES string of the molecule is C1=C(/C=C/c2ccccc2)c2ccc3c(/C=C/c4ccccc4)ccnc3c2NC1. The summed E-state index contributed by atoms with van der Waals surface area (Å²) in [6.45, 7) is 0.798. The van der Waals surface area contributed by atoms with Crippen LogP contribution in [0.2, 0.25) is 0 Å². The number of allylic oxidation sites excluding steroid dienone is 2. The van der Waals surface area contributed by atoms with E-state index in [4.69, 9.17) is 4.98 Å². The maximum Gasteiger partial charge on any atom is 0.0945 e. The Bertz CT molecular complexity index is 1270. The molecule has 2 heterocycles. The molecule has 0 saturated heterocycles. The topological polar surface area (TPSA) is 24.9 Å².